The zero-order valence-electron chi connectivity index (χ0n) is 20.0. The molecule has 0 radical (unpaired) electrons. The van der Waals surface area contributed by atoms with Crippen molar-refractivity contribution >= 4 is 0 Å². The van der Waals surface area contributed by atoms with Gasteiger partial charge in [-0.05, 0) is 0 Å². The summed E-state index contributed by atoms with van der Waals surface area (Å²) in [7, 11) is 0. The first-order chi connectivity index (χ1) is 12.2. The van der Waals surface area contributed by atoms with E-state index in [1.54, 1.807) is 0 Å². The molecular formula is C22H36N4O2W. The second-order valence-electron chi connectivity index (χ2n) is 9.13. The van der Waals surface area contributed by atoms with Gasteiger partial charge in [0.1, 0.15) is 0 Å². The molecule has 0 unspecified atom stereocenters. The fourth-order valence-corrected chi connectivity index (χ4v) is 0. The van der Waals surface area contributed by atoms with Gasteiger partial charge in [0, 0.05) is 104 Å². The van der Waals surface area contributed by atoms with Gasteiger partial charge in [0.2, 0.25) is 22.2 Å². The Hall–Kier alpha value is -1.87. The summed E-state index contributed by atoms with van der Waals surface area (Å²) in [6, 6.07) is 0. The average molecular weight is 572 g/mol. The summed E-state index contributed by atoms with van der Waals surface area (Å²) >= 11 is 0. The van der Waals surface area contributed by atoms with Crippen LogP contribution in [0.4, 0.5) is 0 Å². The van der Waals surface area contributed by atoms with Crippen LogP contribution in [0.15, 0.2) is 0 Å². The Labute approximate surface area is 194 Å². The summed E-state index contributed by atoms with van der Waals surface area (Å²) in [4.78, 5) is 13.1. The van der Waals surface area contributed by atoms with Gasteiger partial charge in [0.25, 0.3) is 0 Å². The van der Waals surface area contributed by atoms with Crippen molar-refractivity contribution < 1.29 is 30.4 Å². The quantitative estimate of drug-likeness (QED) is 0.228. The molecule has 0 spiro atoms. The molecule has 0 atom stereocenters. The van der Waals surface area contributed by atoms with Crippen LogP contribution in [0.25, 0.3) is 19.4 Å². The molecule has 0 aliphatic carbocycles. The van der Waals surface area contributed by atoms with Crippen molar-refractivity contribution in [2.75, 3.05) is 0 Å². The van der Waals surface area contributed by atoms with Crippen LogP contribution in [0.5, 0.6) is 0 Å². The first-order valence-electron chi connectivity index (χ1n) is 8.20. The van der Waals surface area contributed by atoms with Gasteiger partial charge in [-0.25, -0.2) is 26.3 Å². The average Bonchev–Trinajstić information content (AvgIpc) is 2.57. The third kappa shape index (κ3) is 148. The molecule has 0 aromatic heterocycles. The molecule has 0 aromatic rings. The maximum absolute atomic E-state index is 7.50. The second-order valence-corrected chi connectivity index (χ2v) is 9.13. The number of hydrogen-bond donors (Lipinski definition) is 0. The second kappa shape index (κ2) is 24.2. The molecular weight excluding hydrogens is 536 g/mol. The normalized spacial score (nSPS) is 8.69. The molecule has 0 rings (SSSR count). The van der Waals surface area contributed by atoms with E-state index in [1.165, 1.54) is 0 Å². The zero-order valence-corrected chi connectivity index (χ0v) is 22.9. The number of nitrogens with zero attached hydrogens (tertiary/aromatic N) is 4. The van der Waals surface area contributed by atoms with Crippen molar-refractivity contribution in [3.05, 3.63) is 59.0 Å². The molecule has 0 aliphatic rings. The van der Waals surface area contributed by atoms with E-state index in [-0.39, 0.29) is 43.2 Å². The van der Waals surface area contributed by atoms with Gasteiger partial charge in [0.15, 0.2) is 0 Å². The SMILES string of the molecule is [C-]#[N+]C(C)(C)C.[C-]#[N+]C(C)(C)C.[C-]#[N+]C(C)(C)C.[C-]#[N+]C(C)(C)C.[C-]#[O+].[C-]#[O+].[W]. The molecule has 6 nitrogen and oxygen atoms in total. The van der Waals surface area contributed by atoms with Crippen LogP contribution in [0.2, 0.25) is 0 Å². The molecule has 7 heteroatoms. The Bertz CT molecular complexity index is 467. The van der Waals surface area contributed by atoms with Crippen molar-refractivity contribution in [2.45, 2.75) is 105 Å². The van der Waals surface area contributed by atoms with Crippen LogP contribution < -0.4 is 0 Å². The Morgan fingerprint density at radius 3 is 0.414 bits per heavy atom. The maximum Gasteiger partial charge on any atom is 0 e. The van der Waals surface area contributed by atoms with Gasteiger partial charge in [-0.1, -0.05) is 0 Å². The molecule has 0 N–H and O–H groups in total. The van der Waals surface area contributed by atoms with Crippen LogP contribution in [0, 0.1) is 39.6 Å². The topological polar surface area (TPSA) is 57.2 Å². The van der Waals surface area contributed by atoms with Crippen LogP contribution in [0.1, 0.15) is 83.1 Å². The molecule has 0 amide bonds. The minimum atomic E-state index is -0.167. The van der Waals surface area contributed by atoms with Gasteiger partial charge in [-0.3, -0.25) is 0 Å². The predicted octanol–water partition coefficient (Wildman–Crippen LogP) is 6.74. The van der Waals surface area contributed by atoms with Crippen molar-refractivity contribution in [3.63, 3.8) is 0 Å². The van der Waals surface area contributed by atoms with Crippen LogP contribution in [0.3, 0.4) is 0 Å². The Kier molecular flexibility index (Phi) is 38.1. The van der Waals surface area contributed by atoms with E-state index in [0.29, 0.717) is 0 Å². The van der Waals surface area contributed by atoms with E-state index < -0.39 is 0 Å². The first-order valence-corrected chi connectivity index (χ1v) is 8.20. The van der Waals surface area contributed by atoms with Crippen molar-refractivity contribution in [2.24, 2.45) is 0 Å². The molecule has 162 valence electrons. The monoisotopic (exact) mass is 572 g/mol. The smallest absolute Gasteiger partial charge is 0 e. The minimum Gasteiger partial charge on any atom is 0 e. The third-order valence-electron chi connectivity index (χ3n) is 1.34. The van der Waals surface area contributed by atoms with E-state index in [2.05, 4.69) is 32.7 Å². The fraction of sp³-hybridized carbons (Fsp3) is 0.727. The summed E-state index contributed by atoms with van der Waals surface area (Å²) < 4.78 is 15.0. The largest absolute Gasteiger partial charge is 0 e. The number of rotatable bonds is 0. The summed E-state index contributed by atoms with van der Waals surface area (Å²) in [6.07, 6.45) is 0. The van der Waals surface area contributed by atoms with Gasteiger partial charge in [0.05, 0.1) is 0 Å². The van der Waals surface area contributed by atoms with E-state index in [9.17, 15) is 0 Å². The van der Waals surface area contributed by atoms with E-state index >= 15 is 0 Å². The summed E-state index contributed by atoms with van der Waals surface area (Å²) in [5.74, 6) is 0. The molecule has 0 fully saturated rings. The van der Waals surface area contributed by atoms with Crippen LogP contribution in [-0.4, -0.2) is 22.2 Å². The van der Waals surface area contributed by atoms with Gasteiger partial charge < -0.3 is 19.4 Å². The van der Waals surface area contributed by atoms with E-state index in [1.807, 2.05) is 83.1 Å². The Balaban J connectivity index is -0.0000000415. The van der Waals surface area contributed by atoms with Crippen molar-refractivity contribution in [3.8, 4) is 0 Å². The molecule has 29 heavy (non-hydrogen) atoms. The molecule has 0 heterocycles. The summed E-state index contributed by atoms with van der Waals surface area (Å²) in [6.45, 7) is 57.6. The standard InChI is InChI=1S/4C5H9N.2CO.W/c4*1-5(2,3)6-4;2*1-2;/h4*1-3H3;;;. The van der Waals surface area contributed by atoms with Gasteiger partial charge in [-0.2, -0.15) is 0 Å². The van der Waals surface area contributed by atoms with Gasteiger partial charge in [-0.15, -0.1) is 0 Å². The fourth-order valence-electron chi connectivity index (χ4n) is 0. The maximum atomic E-state index is 7.50. The van der Waals surface area contributed by atoms with E-state index in [4.69, 9.17) is 35.6 Å². The van der Waals surface area contributed by atoms with Crippen LogP contribution >= 0.6 is 0 Å². The van der Waals surface area contributed by atoms with Crippen molar-refractivity contribution in [1.82, 2.24) is 0 Å². The zero-order chi connectivity index (χ0) is 24.8. The molecule has 0 bridgehead atoms. The van der Waals surface area contributed by atoms with Crippen LogP contribution in [-0.2, 0) is 30.4 Å². The minimum absolute atomic E-state index is 0. The molecule has 0 saturated carbocycles. The Morgan fingerprint density at radius 2 is 0.414 bits per heavy atom. The van der Waals surface area contributed by atoms with Gasteiger partial charge >= 0.3 is 22.6 Å². The third-order valence-corrected chi connectivity index (χ3v) is 1.34. The summed E-state index contributed by atoms with van der Waals surface area (Å²) in [5.41, 5.74) is -0.667. The predicted molar refractivity (Wildman–Crippen MR) is 113 cm³/mol. The van der Waals surface area contributed by atoms with Crippen molar-refractivity contribution in [1.29, 1.82) is 0 Å². The summed E-state index contributed by atoms with van der Waals surface area (Å²) in [5, 5.41) is 0. The molecule has 0 saturated heterocycles. The Morgan fingerprint density at radius 1 is 0.379 bits per heavy atom. The van der Waals surface area contributed by atoms with E-state index in [0.717, 1.165) is 0 Å². The molecule has 0 aromatic carbocycles. The molecule has 0 aliphatic heterocycles. The first kappa shape index (κ1) is 45.7. The number of hydrogen-bond acceptors (Lipinski definition) is 0.